The normalized spacial score (nSPS) is 18.6. The number of carbonyl (C=O) groups is 2. The van der Waals surface area contributed by atoms with Crippen LogP contribution in [-0.2, 0) is 11.2 Å². The molecule has 2 rings (SSSR count). The molecule has 5 nitrogen and oxygen atoms in total. The molecule has 1 atom stereocenters. The van der Waals surface area contributed by atoms with Crippen molar-refractivity contribution in [2.75, 3.05) is 13.1 Å². The monoisotopic (exact) mass is 262 g/mol. The van der Waals surface area contributed by atoms with Crippen molar-refractivity contribution in [3.05, 3.63) is 35.4 Å². The Morgan fingerprint density at radius 3 is 2.79 bits per heavy atom. The van der Waals surface area contributed by atoms with Gasteiger partial charge in [-0.15, -0.1) is 0 Å². The zero-order chi connectivity index (χ0) is 13.8. The van der Waals surface area contributed by atoms with Gasteiger partial charge in [-0.25, -0.2) is 4.79 Å². The number of nitrogens with zero attached hydrogens (tertiary/aromatic N) is 1. The van der Waals surface area contributed by atoms with Gasteiger partial charge in [-0.2, -0.15) is 0 Å². The van der Waals surface area contributed by atoms with Gasteiger partial charge in [0.2, 0.25) is 0 Å². The number of aliphatic carboxylic acids is 1. The van der Waals surface area contributed by atoms with Gasteiger partial charge in [-0.05, 0) is 37.4 Å². The Kier molecular flexibility index (Phi) is 4.16. The van der Waals surface area contributed by atoms with E-state index in [9.17, 15) is 9.59 Å². The minimum Gasteiger partial charge on any atom is -0.480 e. The second kappa shape index (κ2) is 5.84. The number of rotatable bonds is 4. The van der Waals surface area contributed by atoms with Crippen molar-refractivity contribution in [2.45, 2.75) is 25.3 Å². The molecule has 0 saturated carbocycles. The van der Waals surface area contributed by atoms with E-state index in [2.05, 4.69) is 0 Å². The summed E-state index contributed by atoms with van der Waals surface area (Å²) in [5.74, 6) is -1.13. The van der Waals surface area contributed by atoms with Gasteiger partial charge in [0.25, 0.3) is 5.91 Å². The van der Waals surface area contributed by atoms with Crippen LogP contribution in [0.25, 0.3) is 0 Å². The van der Waals surface area contributed by atoms with E-state index in [1.54, 1.807) is 12.1 Å². The molecule has 1 aliphatic rings. The zero-order valence-electron chi connectivity index (χ0n) is 10.7. The Morgan fingerprint density at radius 2 is 2.11 bits per heavy atom. The lowest BCUT2D eigenvalue weighted by Gasteiger charge is -2.22. The highest BCUT2D eigenvalue weighted by Crippen LogP contribution is 2.22. The zero-order valence-corrected chi connectivity index (χ0v) is 10.7. The van der Waals surface area contributed by atoms with Crippen LogP contribution in [0.4, 0.5) is 0 Å². The van der Waals surface area contributed by atoms with Gasteiger partial charge in [0, 0.05) is 12.1 Å². The summed E-state index contributed by atoms with van der Waals surface area (Å²) < 4.78 is 0. The quantitative estimate of drug-likeness (QED) is 0.843. The summed E-state index contributed by atoms with van der Waals surface area (Å²) in [6.07, 6.45) is 1.88. The molecule has 1 aromatic carbocycles. The van der Waals surface area contributed by atoms with Crippen molar-refractivity contribution < 1.29 is 14.7 Å². The highest BCUT2D eigenvalue weighted by atomic mass is 16.4. The molecule has 5 heteroatoms. The Labute approximate surface area is 112 Å². The average Bonchev–Trinajstić information content (AvgIpc) is 2.88. The molecule has 0 spiro atoms. The standard InChI is InChI=1S/C14H18N2O3/c15-8-7-10-4-1-2-5-11(10)13(17)16-9-3-6-12(16)14(18)19/h1-2,4-5,12H,3,6-9,15H2,(H,18,19)/t12-/m0/s1. The maximum absolute atomic E-state index is 12.5. The van der Waals surface area contributed by atoms with E-state index >= 15 is 0 Å². The number of benzene rings is 1. The number of hydrogen-bond donors (Lipinski definition) is 2. The van der Waals surface area contributed by atoms with Crippen LogP contribution in [0, 0.1) is 0 Å². The first-order valence-corrected chi connectivity index (χ1v) is 6.47. The molecule has 0 bridgehead atoms. The minimum atomic E-state index is -0.929. The molecule has 102 valence electrons. The number of likely N-dealkylation sites (tertiary alicyclic amines) is 1. The molecule has 1 saturated heterocycles. The number of hydrogen-bond acceptors (Lipinski definition) is 3. The fraction of sp³-hybridized carbons (Fsp3) is 0.429. The third kappa shape index (κ3) is 2.76. The third-order valence-electron chi connectivity index (χ3n) is 3.46. The number of nitrogens with two attached hydrogens (primary N) is 1. The molecule has 0 radical (unpaired) electrons. The predicted octanol–water partition coefficient (Wildman–Crippen LogP) is 0.877. The molecule has 1 fully saturated rings. The van der Waals surface area contributed by atoms with Crippen LogP contribution < -0.4 is 5.73 Å². The highest BCUT2D eigenvalue weighted by molar-refractivity contribution is 5.98. The van der Waals surface area contributed by atoms with Crippen molar-refractivity contribution in [3.8, 4) is 0 Å². The lowest BCUT2D eigenvalue weighted by atomic mass is 10.0. The summed E-state index contributed by atoms with van der Waals surface area (Å²) in [7, 11) is 0. The molecule has 0 aliphatic carbocycles. The largest absolute Gasteiger partial charge is 0.480 e. The Hall–Kier alpha value is -1.88. The molecule has 19 heavy (non-hydrogen) atoms. The first-order chi connectivity index (χ1) is 9.15. The van der Waals surface area contributed by atoms with Gasteiger partial charge in [-0.3, -0.25) is 4.79 Å². The van der Waals surface area contributed by atoms with E-state index in [1.165, 1.54) is 4.90 Å². The van der Waals surface area contributed by atoms with Gasteiger partial charge in [0.15, 0.2) is 0 Å². The molecular formula is C14H18N2O3. The molecule has 3 N–H and O–H groups in total. The first kappa shape index (κ1) is 13.5. The van der Waals surface area contributed by atoms with Crippen molar-refractivity contribution in [1.29, 1.82) is 0 Å². The van der Waals surface area contributed by atoms with Crippen LogP contribution >= 0.6 is 0 Å². The van der Waals surface area contributed by atoms with E-state index in [1.807, 2.05) is 12.1 Å². The predicted molar refractivity (Wildman–Crippen MR) is 70.9 cm³/mol. The van der Waals surface area contributed by atoms with Crippen molar-refractivity contribution in [3.63, 3.8) is 0 Å². The molecule has 0 unspecified atom stereocenters. The van der Waals surface area contributed by atoms with E-state index in [-0.39, 0.29) is 5.91 Å². The second-order valence-corrected chi connectivity index (χ2v) is 4.69. The summed E-state index contributed by atoms with van der Waals surface area (Å²) in [4.78, 5) is 25.1. The van der Waals surface area contributed by atoms with E-state index in [0.29, 0.717) is 31.5 Å². The van der Waals surface area contributed by atoms with Crippen molar-refractivity contribution >= 4 is 11.9 Å². The molecule has 1 aromatic rings. The van der Waals surface area contributed by atoms with Crippen LogP contribution in [-0.4, -0.2) is 41.0 Å². The number of carboxylic acid groups (broad SMARTS) is 1. The van der Waals surface area contributed by atoms with Crippen molar-refractivity contribution in [2.24, 2.45) is 5.73 Å². The number of carbonyl (C=O) groups excluding carboxylic acids is 1. The summed E-state index contributed by atoms with van der Waals surface area (Å²) in [6, 6.07) is 6.56. The smallest absolute Gasteiger partial charge is 0.326 e. The fourth-order valence-corrected chi connectivity index (χ4v) is 2.52. The van der Waals surface area contributed by atoms with Crippen molar-refractivity contribution in [1.82, 2.24) is 4.90 Å². The maximum Gasteiger partial charge on any atom is 0.326 e. The molecule has 1 aliphatic heterocycles. The van der Waals surface area contributed by atoms with Gasteiger partial charge >= 0.3 is 5.97 Å². The summed E-state index contributed by atoms with van der Waals surface area (Å²) in [5.41, 5.74) is 6.99. The molecular weight excluding hydrogens is 244 g/mol. The topological polar surface area (TPSA) is 83.6 Å². The average molecular weight is 262 g/mol. The van der Waals surface area contributed by atoms with Crippen LogP contribution in [0.2, 0.25) is 0 Å². The minimum absolute atomic E-state index is 0.200. The lowest BCUT2D eigenvalue weighted by molar-refractivity contribution is -0.141. The summed E-state index contributed by atoms with van der Waals surface area (Å²) >= 11 is 0. The Morgan fingerprint density at radius 1 is 1.37 bits per heavy atom. The van der Waals surface area contributed by atoms with Gasteiger partial charge in [0.05, 0.1) is 0 Å². The van der Waals surface area contributed by atoms with E-state index in [4.69, 9.17) is 10.8 Å². The highest BCUT2D eigenvalue weighted by Gasteiger charge is 2.34. The second-order valence-electron chi connectivity index (χ2n) is 4.69. The summed E-state index contributed by atoms with van der Waals surface area (Å²) in [6.45, 7) is 0.972. The summed E-state index contributed by atoms with van der Waals surface area (Å²) in [5, 5.41) is 9.14. The molecule has 1 amide bonds. The van der Waals surface area contributed by atoms with Crippen LogP contribution in [0.15, 0.2) is 24.3 Å². The number of carboxylic acids is 1. The van der Waals surface area contributed by atoms with E-state index in [0.717, 1.165) is 12.0 Å². The Balaban J connectivity index is 2.26. The molecule has 1 heterocycles. The number of amides is 1. The maximum atomic E-state index is 12.5. The lowest BCUT2D eigenvalue weighted by Crippen LogP contribution is -2.40. The van der Waals surface area contributed by atoms with Crippen LogP contribution in [0.1, 0.15) is 28.8 Å². The van der Waals surface area contributed by atoms with Gasteiger partial charge in [0.1, 0.15) is 6.04 Å². The van der Waals surface area contributed by atoms with Gasteiger partial charge < -0.3 is 15.7 Å². The fourth-order valence-electron chi connectivity index (χ4n) is 2.52. The van der Waals surface area contributed by atoms with Crippen LogP contribution in [0.3, 0.4) is 0 Å². The first-order valence-electron chi connectivity index (χ1n) is 6.47. The third-order valence-corrected chi connectivity index (χ3v) is 3.46. The molecule has 0 aromatic heterocycles. The Bertz CT molecular complexity index is 487. The van der Waals surface area contributed by atoms with E-state index < -0.39 is 12.0 Å². The SMILES string of the molecule is NCCc1ccccc1C(=O)N1CCC[C@H]1C(=O)O. The van der Waals surface area contributed by atoms with Gasteiger partial charge in [-0.1, -0.05) is 18.2 Å². The van der Waals surface area contributed by atoms with Crippen LogP contribution in [0.5, 0.6) is 0 Å².